The van der Waals surface area contributed by atoms with Crippen molar-refractivity contribution >= 4 is 44.8 Å². The molecule has 3 rings (SSSR count). The lowest BCUT2D eigenvalue weighted by Crippen LogP contribution is -2.30. The second kappa shape index (κ2) is 9.78. The lowest BCUT2D eigenvalue weighted by Gasteiger charge is -2.21. The molecule has 0 heterocycles. The summed E-state index contributed by atoms with van der Waals surface area (Å²) in [5, 5.41) is 3.02. The summed E-state index contributed by atoms with van der Waals surface area (Å²) in [6.07, 6.45) is 0. The molecule has 0 aliphatic heterocycles. The molecule has 0 unspecified atom stereocenters. The molecule has 9 heteroatoms. The monoisotopic (exact) mass is 480 g/mol. The van der Waals surface area contributed by atoms with Gasteiger partial charge in [-0.15, -0.1) is 0 Å². The summed E-state index contributed by atoms with van der Waals surface area (Å²) in [6.45, 7) is 2.07. The van der Waals surface area contributed by atoms with E-state index in [1.54, 1.807) is 6.92 Å². The lowest BCUT2D eigenvalue weighted by molar-refractivity contribution is 0.102. The van der Waals surface area contributed by atoms with Crippen LogP contribution in [0.5, 0.6) is 0 Å². The maximum absolute atomic E-state index is 14.4. The normalized spacial score (nSPS) is 11.5. The third kappa shape index (κ3) is 5.43. The minimum absolute atomic E-state index is 0.155. The Morgan fingerprint density at radius 2 is 1.71 bits per heavy atom. The number of hydrogen-bond acceptors (Lipinski definition) is 3. The molecule has 162 valence electrons. The average molecular weight is 481 g/mol. The Morgan fingerprint density at radius 1 is 1.00 bits per heavy atom. The molecule has 3 aromatic rings. The number of carbonyl (C=O) groups is 1. The van der Waals surface area contributed by atoms with Crippen LogP contribution in [0.15, 0.2) is 71.6 Å². The zero-order chi connectivity index (χ0) is 22.6. The molecular weight excluding hydrogens is 462 g/mol. The molecule has 0 aromatic heterocycles. The molecule has 0 saturated heterocycles. The summed E-state index contributed by atoms with van der Waals surface area (Å²) in [5.74, 6) is -1.65. The average Bonchev–Trinajstić information content (AvgIpc) is 2.75. The number of halogens is 3. The number of anilines is 1. The van der Waals surface area contributed by atoms with Gasteiger partial charge in [-0.3, -0.25) is 4.79 Å². The predicted molar refractivity (Wildman–Crippen MR) is 121 cm³/mol. The Labute approximate surface area is 190 Å². The van der Waals surface area contributed by atoms with E-state index in [1.165, 1.54) is 22.5 Å². The number of benzene rings is 3. The Balaban J connectivity index is 1.89. The van der Waals surface area contributed by atoms with Crippen molar-refractivity contribution in [2.75, 3.05) is 11.9 Å². The topological polar surface area (TPSA) is 66.5 Å². The van der Waals surface area contributed by atoms with Crippen molar-refractivity contribution in [1.29, 1.82) is 0 Å². The number of carbonyl (C=O) groups excluding carboxylic acids is 1. The highest BCUT2D eigenvalue weighted by molar-refractivity contribution is 7.89. The SMILES string of the molecule is CCN(Cc1ccccc1)S(=O)(=O)c1ccc(F)c(C(=O)Nc2ccc(Cl)c(Cl)c2)c1. The van der Waals surface area contributed by atoms with E-state index >= 15 is 0 Å². The summed E-state index contributed by atoms with van der Waals surface area (Å²) < 4.78 is 41.9. The summed E-state index contributed by atoms with van der Waals surface area (Å²) in [5.41, 5.74) is 0.710. The molecule has 0 aliphatic rings. The molecule has 0 spiro atoms. The fourth-order valence-corrected chi connectivity index (χ4v) is 4.68. The van der Waals surface area contributed by atoms with Gasteiger partial charge in [0, 0.05) is 18.8 Å². The number of amides is 1. The first kappa shape index (κ1) is 23.2. The van der Waals surface area contributed by atoms with Gasteiger partial charge in [0.15, 0.2) is 0 Å². The number of sulfonamides is 1. The van der Waals surface area contributed by atoms with E-state index in [-0.39, 0.29) is 23.0 Å². The maximum atomic E-state index is 14.4. The van der Waals surface area contributed by atoms with Crippen molar-refractivity contribution in [2.45, 2.75) is 18.4 Å². The molecule has 0 saturated carbocycles. The second-order valence-electron chi connectivity index (χ2n) is 6.64. The zero-order valence-corrected chi connectivity index (χ0v) is 18.8. The van der Waals surface area contributed by atoms with Gasteiger partial charge in [0.05, 0.1) is 20.5 Å². The van der Waals surface area contributed by atoms with Crippen molar-refractivity contribution < 1.29 is 17.6 Å². The zero-order valence-electron chi connectivity index (χ0n) is 16.5. The number of hydrogen-bond donors (Lipinski definition) is 1. The van der Waals surface area contributed by atoms with E-state index in [0.29, 0.717) is 10.7 Å². The van der Waals surface area contributed by atoms with E-state index in [2.05, 4.69) is 5.32 Å². The summed E-state index contributed by atoms with van der Waals surface area (Å²) >= 11 is 11.8. The van der Waals surface area contributed by atoms with Gasteiger partial charge in [-0.25, -0.2) is 12.8 Å². The van der Waals surface area contributed by atoms with Crippen molar-refractivity contribution in [3.63, 3.8) is 0 Å². The van der Waals surface area contributed by atoms with Crippen LogP contribution < -0.4 is 5.32 Å². The molecule has 0 aliphatic carbocycles. The van der Waals surface area contributed by atoms with Gasteiger partial charge in [0.2, 0.25) is 10.0 Å². The molecule has 0 fully saturated rings. The lowest BCUT2D eigenvalue weighted by atomic mass is 10.2. The van der Waals surface area contributed by atoms with E-state index in [9.17, 15) is 17.6 Å². The van der Waals surface area contributed by atoms with Crippen LogP contribution in [0.1, 0.15) is 22.8 Å². The molecule has 0 radical (unpaired) electrons. The van der Waals surface area contributed by atoms with Crippen molar-refractivity contribution in [2.24, 2.45) is 0 Å². The fourth-order valence-electron chi connectivity index (χ4n) is 2.91. The van der Waals surface area contributed by atoms with E-state index in [0.717, 1.165) is 23.8 Å². The number of nitrogens with zero attached hydrogens (tertiary/aromatic N) is 1. The summed E-state index contributed by atoms with van der Waals surface area (Å²) in [7, 11) is -3.96. The molecule has 0 atom stereocenters. The third-order valence-electron chi connectivity index (χ3n) is 4.55. The first-order chi connectivity index (χ1) is 14.7. The summed E-state index contributed by atoms with van der Waals surface area (Å²) in [4.78, 5) is 12.4. The van der Waals surface area contributed by atoms with E-state index in [4.69, 9.17) is 23.2 Å². The maximum Gasteiger partial charge on any atom is 0.258 e. The largest absolute Gasteiger partial charge is 0.322 e. The number of nitrogens with one attached hydrogen (secondary N) is 1. The molecule has 1 N–H and O–H groups in total. The molecule has 0 bridgehead atoms. The van der Waals surface area contributed by atoms with Crippen LogP contribution in [0.3, 0.4) is 0 Å². The van der Waals surface area contributed by atoms with Gasteiger partial charge < -0.3 is 5.32 Å². The standard InChI is InChI=1S/C22H19Cl2FN2O3S/c1-2-27(14-15-6-4-3-5-7-15)31(29,30)17-9-11-21(25)18(13-17)22(28)26-16-8-10-19(23)20(24)12-16/h3-13H,2,14H2,1H3,(H,26,28). The van der Waals surface area contributed by atoms with Crippen LogP contribution in [-0.2, 0) is 16.6 Å². The Morgan fingerprint density at radius 3 is 2.35 bits per heavy atom. The molecule has 1 amide bonds. The molecule has 3 aromatic carbocycles. The van der Waals surface area contributed by atoms with Crippen molar-refractivity contribution in [1.82, 2.24) is 4.31 Å². The number of rotatable bonds is 7. The highest BCUT2D eigenvalue weighted by atomic mass is 35.5. The minimum atomic E-state index is -3.96. The summed E-state index contributed by atoms with van der Waals surface area (Å²) in [6, 6.07) is 16.7. The minimum Gasteiger partial charge on any atom is -0.322 e. The first-order valence-electron chi connectivity index (χ1n) is 9.32. The van der Waals surface area contributed by atoms with Gasteiger partial charge in [-0.2, -0.15) is 4.31 Å². The van der Waals surface area contributed by atoms with Gasteiger partial charge in [0.1, 0.15) is 5.82 Å². The van der Waals surface area contributed by atoms with Crippen LogP contribution in [-0.4, -0.2) is 25.2 Å². The van der Waals surface area contributed by atoms with E-state index in [1.807, 2.05) is 30.3 Å². The fraction of sp³-hybridized carbons (Fsp3) is 0.136. The van der Waals surface area contributed by atoms with Gasteiger partial charge in [-0.05, 0) is 42.0 Å². The highest BCUT2D eigenvalue weighted by Crippen LogP contribution is 2.26. The quantitative estimate of drug-likeness (QED) is 0.478. The van der Waals surface area contributed by atoms with Crippen molar-refractivity contribution in [3.05, 3.63) is 93.7 Å². The first-order valence-corrected chi connectivity index (χ1v) is 11.5. The Kier molecular flexibility index (Phi) is 7.33. The predicted octanol–water partition coefficient (Wildman–Crippen LogP) is 5.60. The Hall–Kier alpha value is -2.45. The van der Waals surface area contributed by atoms with Crippen molar-refractivity contribution in [3.8, 4) is 0 Å². The van der Waals surface area contributed by atoms with Crippen LogP contribution >= 0.6 is 23.2 Å². The van der Waals surface area contributed by atoms with Crippen LogP contribution in [0, 0.1) is 5.82 Å². The van der Waals surface area contributed by atoms with Crippen LogP contribution in [0.4, 0.5) is 10.1 Å². The van der Waals surface area contributed by atoms with E-state index < -0.39 is 27.3 Å². The van der Waals surface area contributed by atoms with Crippen LogP contribution in [0.2, 0.25) is 10.0 Å². The third-order valence-corrected chi connectivity index (χ3v) is 7.21. The van der Waals surface area contributed by atoms with Gasteiger partial charge >= 0.3 is 0 Å². The second-order valence-corrected chi connectivity index (χ2v) is 9.39. The van der Waals surface area contributed by atoms with Gasteiger partial charge in [0.25, 0.3) is 5.91 Å². The smallest absolute Gasteiger partial charge is 0.258 e. The van der Waals surface area contributed by atoms with Crippen LogP contribution in [0.25, 0.3) is 0 Å². The van der Waals surface area contributed by atoms with Gasteiger partial charge in [-0.1, -0.05) is 60.5 Å². The molecule has 31 heavy (non-hydrogen) atoms. The molecular formula is C22H19Cl2FN2O3S. The molecule has 5 nitrogen and oxygen atoms in total. The highest BCUT2D eigenvalue weighted by Gasteiger charge is 2.25. The Bertz CT molecular complexity index is 1200.